The summed E-state index contributed by atoms with van der Waals surface area (Å²) in [6, 6.07) is 20.2. The molecular weight excluding hydrogens is 344 g/mol. The highest BCUT2D eigenvalue weighted by atomic mass is 32.2. The molecule has 0 radical (unpaired) electrons. The van der Waals surface area contributed by atoms with E-state index in [0.29, 0.717) is 17.5 Å². The lowest BCUT2D eigenvalue weighted by Gasteiger charge is -2.10. The first-order valence-corrected chi connectivity index (χ1v) is 9.44. The van der Waals surface area contributed by atoms with Crippen LogP contribution < -0.4 is 4.74 Å². The Kier molecular flexibility index (Phi) is 4.84. The second-order valence-corrected chi connectivity index (χ2v) is 6.58. The molecule has 4 aromatic rings. The summed E-state index contributed by atoms with van der Waals surface area (Å²) in [5, 5.41) is 5.37. The molecule has 130 valence electrons. The van der Waals surface area contributed by atoms with Gasteiger partial charge in [0.2, 0.25) is 5.16 Å². The van der Waals surface area contributed by atoms with E-state index in [0.717, 1.165) is 22.8 Å². The molecule has 0 saturated heterocycles. The summed E-state index contributed by atoms with van der Waals surface area (Å²) in [5.41, 5.74) is 3.13. The third kappa shape index (κ3) is 3.41. The minimum absolute atomic E-state index is 0.587. The smallest absolute Gasteiger partial charge is 0.253 e. The number of hydrogen-bond acceptors (Lipinski definition) is 5. The molecule has 0 aliphatic carbocycles. The Balaban J connectivity index is 1.68. The van der Waals surface area contributed by atoms with Crippen molar-refractivity contribution in [3.05, 3.63) is 72.4 Å². The van der Waals surface area contributed by atoms with E-state index in [-0.39, 0.29) is 0 Å². The van der Waals surface area contributed by atoms with E-state index < -0.39 is 0 Å². The molecule has 0 aliphatic heterocycles. The van der Waals surface area contributed by atoms with E-state index in [9.17, 15) is 0 Å². The lowest BCUT2D eigenvalue weighted by molar-refractivity contribution is 0.341. The maximum Gasteiger partial charge on any atom is 0.253 e. The summed E-state index contributed by atoms with van der Waals surface area (Å²) in [6.45, 7) is 2.59. The molecule has 0 saturated carbocycles. The minimum atomic E-state index is 0.587. The van der Waals surface area contributed by atoms with Crippen molar-refractivity contribution >= 4 is 17.5 Å². The van der Waals surface area contributed by atoms with Gasteiger partial charge in [0.15, 0.2) is 0 Å². The van der Waals surface area contributed by atoms with Crippen molar-refractivity contribution in [2.75, 3.05) is 6.61 Å². The summed E-state index contributed by atoms with van der Waals surface area (Å²) in [5.74, 6) is 2.24. The zero-order chi connectivity index (χ0) is 17.8. The molecule has 0 amide bonds. The fraction of sp³-hybridized carbons (Fsp3) is 0.150. The maximum absolute atomic E-state index is 5.77. The van der Waals surface area contributed by atoms with Gasteiger partial charge >= 0.3 is 0 Å². The number of nitrogens with zero attached hydrogens (tertiary/aromatic N) is 4. The number of fused-ring (bicyclic) bond motifs is 1. The van der Waals surface area contributed by atoms with Crippen LogP contribution in [0.1, 0.15) is 12.5 Å². The predicted octanol–water partition coefficient (Wildman–Crippen LogP) is 4.48. The summed E-state index contributed by atoms with van der Waals surface area (Å²) < 4.78 is 7.55. The van der Waals surface area contributed by atoms with Crippen LogP contribution in [0.5, 0.6) is 5.75 Å². The summed E-state index contributed by atoms with van der Waals surface area (Å²) >= 11 is 1.60. The Morgan fingerprint density at radius 2 is 1.81 bits per heavy atom. The van der Waals surface area contributed by atoms with Crippen LogP contribution in [0.15, 0.2) is 72.0 Å². The van der Waals surface area contributed by atoms with Crippen molar-refractivity contribution in [2.24, 2.45) is 0 Å². The number of para-hydroxylation sites is 1. The number of rotatable bonds is 6. The van der Waals surface area contributed by atoms with Crippen LogP contribution in [-0.2, 0) is 5.75 Å². The zero-order valence-corrected chi connectivity index (χ0v) is 15.2. The van der Waals surface area contributed by atoms with Gasteiger partial charge in [0.1, 0.15) is 5.75 Å². The fourth-order valence-corrected chi connectivity index (χ4v) is 3.50. The molecule has 4 rings (SSSR count). The van der Waals surface area contributed by atoms with Gasteiger partial charge in [-0.2, -0.15) is 9.50 Å². The van der Waals surface area contributed by atoms with Gasteiger partial charge in [0.25, 0.3) is 5.78 Å². The monoisotopic (exact) mass is 362 g/mol. The molecule has 5 nitrogen and oxygen atoms in total. The van der Waals surface area contributed by atoms with Gasteiger partial charge < -0.3 is 4.74 Å². The van der Waals surface area contributed by atoms with E-state index in [1.165, 1.54) is 5.56 Å². The molecule has 26 heavy (non-hydrogen) atoms. The van der Waals surface area contributed by atoms with Crippen LogP contribution in [0.3, 0.4) is 0 Å². The van der Waals surface area contributed by atoms with Crippen molar-refractivity contribution in [2.45, 2.75) is 17.8 Å². The first kappa shape index (κ1) is 16.6. The van der Waals surface area contributed by atoms with E-state index in [1.54, 1.807) is 22.5 Å². The standard InChI is InChI=1S/C20H18N4OS/c1-2-25-18-11-7-6-10-16(18)17-12-13-21-19-22-20(23-24(17)19)26-14-15-8-4-3-5-9-15/h3-13H,2,14H2,1H3. The van der Waals surface area contributed by atoms with Crippen LogP contribution in [0.4, 0.5) is 0 Å². The molecule has 0 atom stereocenters. The third-order valence-corrected chi connectivity index (χ3v) is 4.80. The zero-order valence-electron chi connectivity index (χ0n) is 14.4. The summed E-state index contributed by atoms with van der Waals surface area (Å²) in [6.07, 6.45) is 1.76. The van der Waals surface area contributed by atoms with E-state index >= 15 is 0 Å². The Morgan fingerprint density at radius 3 is 2.65 bits per heavy atom. The minimum Gasteiger partial charge on any atom is -0.493 e. The van der Waals surface area contributed by atoms with Crippen molar-refractivity contribution in [1.82, 2.24) is 19.6 Å². The van der Waals surface area contributed by atoms with Gasteiger partial charge in [0.05, 0.1) is 12.3 Å². The highest BCUT2D eigenvalue weighted by molar-refractivity contribution is 7.98. The number of hydrogen-bond donors (Lipinski definition) is 0. The van der Waals surface area contributed by atoms with E-state index in [4.69, 9.17) is 4.74 Å². The summed E-state index contributed by atoms with van der Waals surface area (Å²) in [4.78, 5) is 8.91. The molecule has 0 fully saturated rings. The van der Waals surface area contributed by atoms with Gasteiger partial charge in [-0.25, -0.2) is 4.98 Å². The molecular formula is C20H18N4OS. The SMILES string of the molecule is CCOc1ccccc1-c1ccnc2nc(SCc3ccccc3)nn12. The average Bonchev–Trinajstić information content (AvgIpc) is 3.11. The molecule has 6 heteroatoms. The average molecular weight is 362 g/mol. The third-order valence-electron chi connectivity index (χ3n) is 3.89. The fourth-order valence-electron chi connectivity index (χ4n) is 2.72. The Morgan fingerprint density at radius 1 is 1.00 bits per heavy atom. The highest BCUT2D eigenvalue weighted by Gasteiger charge is 2.13. The number of thioether (sulfide) groups is 1. The van der Waals surface area contributed by atoms with Crippen LogP contribution >= 0.6 is 11.8 Å². The molecule has 0 spiro atoms. The summed E-state index contributed by atoms with van der Waals surface area (Å²) in [7, 11) is 0. The number of benzene rings is 2. The maximum atomic E-state index is 5.77. The predicted molar refractivity (Wildman–Crippen MR) is 103 cm³/mol. The van der Waals surface area contributed by atoms with Crippen molar-refractivity contribution in [3.63, 3.8) is 0 Å². The van der Waals surface area contributed by atoms with Gasteiger partial charge in [-0.1, -0.05) is 54.2 Å². The second-order valence-electron chi connectivity index (χ2n) is 5.64. The number of ether oxygens (including phenoxy) is 1. The van der Waals surface area contributed by atoms with Crippen LogP contribution in [0.2, 0.25) is 0 Å². The second kappa shape index (κ2) is 7.58. The molecule has 0 bridgehead atoms. The molecule has 2 heterocycles. The van der Waals surface area contributed by atoms with Gasteiger partial charge in [-0.05, 0) is 30.7 Å². The van der Waals surface area contributed by atoms with Crippen molar-refractivity contribution in [1.29, 1.82) is 0 Å². The van der Waals surface area contributed by atoms with Gasteiger partial charge in [-0.3, -0.25) is 0 Å². The molecule has 2 aromatic carbocycles. The molecule has 0 N–H and O–H groups in total. The van der Waals surface area contributed by atoms with E-state index in [2.05, 4.69) is 27.2 Å². The molecule has 0 aliphatic rings. The topological polar surface area (TPSA) is 52.3 Å². The van der Waals surface area contributed by atoms with Crippen molar-refractivity contribution in [3.8, 4) is 17.0 Å². The first-order chi connectivity index (χ1) is 12.8. The number of aromatic nitrogens is 4. The van der Waals surface area contributed by atoms with Crippen LogP contribution in [0, 0.1) is 0 Å². The van der Waals surface area contributed by atoms with Crippen LogP contribution in [-0.4, -0.2) is 26.2 Å². The first-order valence-electron chi connectivity index (χ1n) is 8.46. The van der Waals surface area contributed by atoms with E-state index in [1.807, 2.05) is 55.5 Å². The lowest BCUT2D eigenvalue weighted by atomic mass is 10.1. The lowest BCUT2D eigenvalue weighted by Crippen LogP contribution is -1.99. The Labute approximate surface area is 156 Å². The van der Waals surface area contributed by atoms with Gasteiger partial charge in [0, 0.05) is 17.5 Å². The van der Waals surface area contributed by atoms with Gasteiger partial charge in [-0.15, -0.1) is 5.10 Å². The largest absolute Gasteiger partial charge is 0.493 e. The Bertz CT molecular complexity index is 1020. The molecule has 2 aromatic heterocycles. The molecule has 0 unspecified atom stereocenters. The highest BCUT2D eigenvalue weighted by Crippen LogP contribution is 2.30. The van der Waals surface area contributed by atoms with Crippen molar-refractivity contribution < 1.29 is 4.74 Å². The quantitative estimate of drug-likeness (QED) is 0.473. The Hall–Kier alpha value is -2.86. The normalized spacial score (nSPS) is 11.0. The van der Waals surface area contributed by atoms with Crippen LogP contribution in [0.25, 0.3) is 17.0 Å².